The number of urea groups is 1. The van der Waals surface area contributed by atoms with Crippen molar-refractivity contribution >= 4 is 27.7 Å². The Morgan fingerprint density at radius 1 is 1.19 bits per heavy atom. The van der Waals surface area contributed by atoms with E-state index in [0.717, 1.165) is 5.56 Å². The lowest BCUT2D eigenvalue weighted by Crippen LogP contribution is -2.42. The van der Waals surface area contributed by atoms with Gasteiger partial charge in [-0.05, 0) is 24.1 Å². The minimum atomic E-state index is -3.64. The number of benzene rings is 1. The van der Waals surface area contributed by atoms with Crippen LogP contribution in [0.5, 0.6) is 0 Å². The fraction of sp³-hybridized carbons (Fsp3) is 0.412. The SMILES string of the molecule is Cn1cnc(S(=O)(=O)N2CCCN(C(=O)NCc3ccc(Cl)cc3)CC2)c1. The highest BCUT2D eigenvalue weighted by Gasteiger charge is 2.29. The van der Waals surface area contributed by atoms with Crippen LogP contribution in [0.25, 0.3) is 0 Å². The normalized spacial score (nSPS) is 16.1. The van der Waals surface area contributed by atoms with Crippen LogP contribution < -0.4 is 5.32 Å². The van der Waals surface area contributed by atoms with Crippen molar-refractivity contribution in [1.29, 1.82) is 0 Å². The maximum atomic E-state index is 12.7. The van der Waals surface area contributed by atoms with Crippen molar-refractivity contribution in [2.45, 2.75) is 18.0 Å². The lowest BCUT2D eigenvalue weighted by Gasteiger charge is -2.21. The van der Waals surface area contributed by atoms with Gasteiger partial charge in [0.2, 0.25) is 0 Å². The maximum Gasteiger partial charge on any atom is 0.317 e. The number of nitrogens with zero attached hydrogens (tertiary/aromatic N) is 4. The number of imidazole rings is 1. The van der Waals surface area contributed by atoms with E-state index in [9.17, 15) is 13.2 Å². The zero-order valence-corrected chi connectivity index (χ0v) is 16.6. The van der Waals surface area contributed by atoms with E-state index in [-0.39, 0.29) is 17.6 Å². The molecule has 0 bridgehead atoms. The Morgan fingerprint density at radius 2 is 1.93 bits per heavy atom. The average molecular weight is 412 g/mol. The van der Waals surface area contributed by atoms with Gasteiger partial charge in [0.1, 0.15) is 0 Å². The second-order valence-corrected chi connectivity index (χ2v) is 8.73. The Hall–Kier alpha value is -2.10. The molecule has 1 aliphatic rings. The largest absolute Gasteiger partial charge is 0.339 e. The molecule has 2 heterocycles. The number of hydrogen-bond acceptors (Lipinski definition) is 4. The summed E-state index contributed by atoms with van der Waals surface area (Å²) in [7, 11) is -1.92. The van der Waals surface area contributed by atoms with Crippen molar-refractivity contribution in [1.82, 2.24) is 24.1 Å². The van der Waals surface area contributed by atoms with Gasteiger partial charge in [0, 0.05) is 51.0 Å². The molecule has 0 aliphatic carbocycles. The van der Waals surface area contributed by atoms with E-state index in [1.165, 1.54) is 16.8 Å². The molecule has 2 aromatic rings. The molecule has 2 amide bonds. The summed E-state index contributed by atoms with van der Waals surface area (Å²) in [6, 6.07) is 7.05. The summed E-state index contributed by atoms with van der Waals surface area (Å²) in [4.78, 5) is 18.0. The number of rotatable bonds is 4. The fourth-order valence-corrected chi connectivity index (χ4v) is 4.45. The molecule has 1 saturated heterocycles. The highest BCUT2D eigenvalue weighted by Crippen LogP contribution is 2.16. The summed E-state index contributed by atoms with van der Waals surface area (Å²) in [5, 5.41) is 3.54. The molecule has 146 valence electrons. The number of hydrogen-bond donors (Lipinski definition) is 1. The van der Waals surface area contributed by atoms with Crippen LogP contribution in [0.4, 0.5) is 4.79 Å². The number of nitrogens with one attached hydrogen (secondary N) is 1. The van der Waals surface area contributed by atoms with Crippen LogP contribution in [-0.4, -0.2) is 59.4 Å². The van der Waals surface area contributed by atoms with Crippen LogP contribution in [0.3, 0.4) is 0 Å². The standard InChI is InChI=1S/C17H22ClN5O3S/c1-21-12-16(20-13-21)27(25,26)23-8-2-7-22(9-10-23)17(24)19-11-14-3-5-15(18)6-4-14/h3-6,12-13H,2,7-11H2,1H3,(H,19,24). The zero-order valence-electron chi connectivity index (χ0n) is 15.0. The second-order valence-electron chi connectivity index (χ2n) is 6.41. The molecule has 1 N–H and O–H groups in total. The van der Waals surface area contributed by atoms with Crippen LogP contribution >= 0.6 is 11.6 Å². The average Bonchev–Trinajstić information content (AvgIpc) is 2.93. The summed E-state index contributed by atoms with van der Waals surface area (Å²) in [5.74, 6) is 0. The molecule has 1 aromatic carbocycles. The molecule has 0 radical (unpaired) electrons. The van der Waals surface area contributed by atoms with Gasteiger partial charge < -0.3 is 14.8 Å². The van der Waals surface area contributed by atoms with Gasteiger partial charge in [0.25, 0.3) is 10.0 Å². The minimum Gasteiger partial charge on any atom is -0.339 e. The Bertz CT molecular complexity index is 898. The Morgan fingerprint density at radius 3 is 2.59 bits per heavy atom. The molecular weight excluding hydrogens is 390 g/mol. The monoisotopic (exact) mass is 411 g/mol. The van der Waals surface area contributed by atoms with Gasteiger partial charge in [-0.2, -0.15) is 4.31 Å². The van der Waals surface area contributed by atoms with Crippen LogP contribution in [0.2, 0.25) is 5.02 Å². The van der Waals surface area contributed by atoms with Crippen LogP contribution in [0.15, 0.2) is 41.8 Å². The third kappa shape index (κ3) is 4.79. The third-order valence-electron chi connectivity index (χ3n) is 4.38. The minimum absolute atomic E-state index is 0.0330. The van der Waals surface area contributed by atoms with Gasteiger partial charge in [-0.1, -0.05) is 23.7 Å². The van der Waals surface area contributed by atoms with Gasteiger partial charge in [-0.25, -0.2) is 18.2 Å². The van der Waals surface area contributed by atoms with Crippen molar-refractivity contribution in [3.63, 3.8) is 0 Å². The van der Waals surface area contributed by atoms with E-state index in [4.69, 9.17) is 11.6 Å². The zero-order chi connectivity index (χ0) is 19.4. The van der Waals surface area contributed by atoms with Crippen LogP contribution in [0, 0.1) is 0 Å². The van der Waals surface area contributed by atoms with Crippen molar-refractivity contribution in [2.75, 3.05) is 26.2 Å². The first-order valence-corrected chi connectivity index (χ1v) is 10.4. The van der Waals surface area contributed by atoms with Gasteiger partial charge in [0.15, 0.2) is 5.03 Å². The summed E-state index contributed by atoms with van der Waals surface area (Å²) in [5.41, 5.74) is 0.946. The molecule has 27 heavy (non-hydrogen) atoms. The van der Waals surface area contributed by atoms with Gasteiger partial charge in [-0.3, -0.25) is 0 Å². The smallest absolute Gasteiger partial charge is 0.317 e. The van der Waals surface area contributed by atoms with E-state index >= 15 is 0 Å². The lowest BCUT2D eigenvalue weighted by atomic mass is 10.2. The Balaban J connectivity index is 1.57. The number of sulfonamides is 1. The topological polar surface area (TPSA) is 87.5 Å². The highest BCUT2D eigenvalue weighted by atomic mass is 35.5. The van der Waals surface area contributed by atoms with Crippen molar-refractivity contribution in [2.24, 2.45) is 7.05 Å². The summed E-state index contributed by atoms with van der Waals surface area (Å²) >= 11 is 5.86. The summed E-state index contributed by atoms with van der Waals surface area (Å²) < 4.78 is 28.4. The number of aryl methyl sites for hydroxylation is 1. The van der Waals surface area contributed by atoms with Crippen molar-refractivity contribution in [3.8, 4) is 0 Å². The predicted molar refractivity (Wildman–Crippen MR) is 102 cm³/mol. The van der Waals surface area contributed by atoms with Crippen molar-refractivity contribution in [3.05, 3.63) is 47.4 Å². The van der Waals surface area contributed by atoms with E-state index in [1.807, 2.05) is 12.1 Å². The first-order valence-electron chi connectivity index (χ1n) is 8.61. The van der Waals surface area contributed by atoms with Gasteiger partial charge in [0.05, 0.1) is 6.33 Å². The van der Waals surface area contributed by atoms with E-state index < -0.39 is 10.0 Å². The number of carbonyl (C=O) groups is 1. The molecule has 0 spiro atoms. The maximum absolute atomic E-state index is 12.7. The van der Waals surface area contributed by atoms with Crippen LogP contribution in [-0.2, 0) is 23.6 Å². The molecular formula is C17H22ClN5O3S. The summed E-state index contributed by atoms with van der Waals surface area (Å²) in [6.45, 7) is 1.83. The first-order chi connectivity index (χ1) is 12.9. The molecule has 1 fully saturated rings. The van der Waals surface area contributed by atoms with Gasteiger partial charge in [-0.15, -0.1) is 0 Å². The number of aromatic nitrogens is 2. The molecule has 1 aromatic heterocycles. The molecule has 0 saturated carbocycles. The van der Waals surface area contributed by atoms with Crippen LogP contribution in [0.1, 0.15) is 12.0 Å². The Kier molecular flexibility index (Phi) is 6.03. The number of carbonyl (C=O) groups excluding carboxylic acids is 1. The van der Waals surface area contributed by atoms with Crippen molar-refractivity contribution < 1.29 is 13.2 Å². The predicted octanol–water partition coefficient (Wildman–Crippen LogP) is 1.68. The van der Waals surface area contributed by atoms with E-state index in [1.54, 1.807) is 28.6 Å². The highest BCUT2D eigenvalue weighted by molar-refractivity contribution is 7.89. The molecule has 8 nitrogen and oxygen atoms in total. The molecule has 3 rings (SSSR count). The molecule has 0 unspecified atom stereocenters. The molecule has 0 atom stereocenters. The van der Waals surface area contributed by atoms with Gasteiger partial charge >= 0.3 is 6.03 Å². The number of halogens is 1. The Labute approximate surface area is 163 Å². The summed E-state index contributed by atoms with van der Waals surface area (Å²) in [6.07, 6.45) is 3.51. The second kappa shape index (κ2) is 8.28. The molecule has 1 aliphatic heterocycles. The third-order valence-corrected chi connectivity index (χ3v) is 6.42. The lowest BCUT2D eigenvalue weighted by molar-refractivity contribution is 0.200. The first kappa shape index (κ1) is 19.7. The number of amides is 2. The van der Waals surface area contributed by atoms with E-state index in [0.29, 0.717) is 37.6 Å². The molecule has 10 heteroatoms. The van der Waals surface area contributed by atoms with E-state index in [2.05, 4.69) is 10.3 Å². The quantitative estimate of drug-likeness (QED) is 0.829. The fourth-order valence-electron chi connectivity index (χ4n) is 2.88.